The summed E-state index contributed by atoms with van der Waals surface area (Å²) in [6.07, 6.45) is 3.24. The van der Waals surface area contributed by atoms with Crippen LogP contribution < -0.4 is 0 Å². The van der Waals surface area contributed by atoms with Crippen molar-refractivity contribution in [3.63, 3.8) is 0 Å². The molecule has 2 aromatic rings. The van der Waals surface area contributed by atoms with Crippen LogP contribution in [0.25, 0.3) is 11.4 Å². The molecular weight excluding hydrogens is 298 g/mol. The van der Waals surface area contributed by atoms with E-state index in [1.165, 1.54) is 0 Å². The first-order chi connectivity index (χ1) is 8.63. The first kappa shape index (κ1) is 12.8. The van der Waals surface area contributed by atoms with Gasteiger partial charge in [0.2, 0.25) is 0 Å². The molecule has 0 aliphatic rings. The molecule has 0 fully saturated rings. The van der Waals surface area contributed by atoms with Crippen molar-refractivity contribution >= 4 is 21.9 Å². The Hall–Kier alpha value is -1.69. The lowest BCUT2D eigenvalue weighted by Gasteiger charge is -2.05. The van der Waals surface area contributed by atoms with Gasteiger partial charge in [-0.3, -0.25) is 4.98 Å². The highest BCUT2D eigenvalue weighted by atomic mass is 79.9. The second-order valence-corrected chi connectivity index (χ2v) is 4.55. The first-order valence-electron chi connectivity index (χ1n) is 5.44. The van der Waals surface area contributed by atoms with Gasteiger partial charge in [0.15, 0.2) is 5.69 Å². The third kappa shape index (κ3) is 2.43. The summed E-state index contributed by atoms with van der Waals surface area (Å²) in [5, 5.41) is 0. The Bertz CT molecular complexity index is 563. The molecule has 2 heterocycles. The molecule has 5 nitrogen and oxygen atoms in total. The van der Waals surface area contributed by atoms with Crippen LogP contribution in [-0.2, 0) is 11.8 Å². The van der Waals surface area contributed by atoms with E-state index in [0.29, 0.717) is 23.7 Å². The Labute approximate surface area is 113 Å². The summed E-state index contributed by atoms with van der Waals surface area (Å²) in [6.45, 7) is 2.10. The molecule has 18 heavy (non-hydrogen) atoms. The molecule has 0 bridgehead atoms. The van der Waals surface area contributed by atoms with E-state index in [1.807, 2.05) is 6.07 Å². The summed E-state index contributed by atoms with van der Waals surface area (Å²) in [5.74, 6) is -0.391. The summed E-state index contributed by atoms with van der Waals surface area (Å²) < 4.78 is 7.53. The molecule has 0 aliphatic carbocycles. The Morgan fingerprint density at radius 3 is 2.83 bits per heavy atom. The molecule has 2 aromatic heterocycles. The number of pyridine rings is 1. The number of aryl methyl sites for hydroxylation is 1. The smallest absolute Gasteiger partial charge is 0.357 e. The molecule has 0 radical (unpaired) electrons. The van der Waals surface area contributed by atoms with Crippen molar-refractivity contribution in [2.75, 3.05) is 6.61 Å². The number of halogens is 1. The zero-order valence-electron chi connectivity index (χ0n) is 10.1. The van der Waals surface area contributed by atoms with Crippen LogP contribution in [0.5, 0.6) is 0 Å². The van der Waals surface area contributed by atoms with Gasteiger partial charge in [-0.15, -0.1) is 0 Å². The summed E-state index contributed by atoms with van der Waals surface area (Å²) in [5.41, 5.74) is 1.58. The van der Waals surface area contributed by atoms with Crippen LogP contribution in [0, 0.1) is 0 Å². The van der Waals surface area contributed by atoms with Crippen LogP contribution in [0.15, 0.2) is 29.1 Å². The van der Waals surface area contributed by atoms with Crippen LogP contribution in [0.2, 0.25) is 0 Å². The quantitative estimate of drug-likeness (QED) is 0.817. The molecule has 6 heteroatoms. The van der Waals surface area contributed by atoms with Crippen LogP contribution in [0.4, 0.5) is 0 Å². The lowest BCUT2D eigenvalue weighted by atomic mass is 10.2. The number of aromatic nitrogens is 3. The second-order valence-electron chi connectivity index (χ2n) is 3.63. The molecule has 0 aliphatic heterocycles. The third-order valence-electron chi connectivity index (χ3n) is 2.38. The van der Waals surface area contributed by atoms with Gasteiger partial charge >= 0.3 is 5.97 Å². The predicted molar refractivity (Wildman–Crippen MR) is 70.1 cm³/mol. The Kier molecular flexibility index (Phi) is 3.76. The van der Waals surface area contributed by atoms with E-state index in [-0.39, 0.29) is 0 Å². The van der Waals surface area contributed by atoms with E-state index >= 15 is 0 Å². The fourth-order valence-electron chi connectivity index (χ4n) is 1.57. The zero-order chi connectivity index (χ0) is 13.1. The predicted octanol–water partition coefficient (Wildman–Crippen LogP) is 2.42. The number of nitrogens with zero attached hydrogens (tertiary/aromatic N) is 3. The van der Waals surface area contributed by atoms with Gasteiger partial charge in [0, 0.05) is 17.7 Å². The summed E-state index contributed by atoms with van der Waals surface area (Å²) in [6, 6.07) is 3.65. The van der Waals surface area contributed by atoms with Crippen LogP contribution in [0.3, 0.4) is 0 Å². The molecule has 0 saturated heterocycles. The van der Waals surface area contributed by atoms with Gasteiger partial charge in [0.05, 0.1) is 18.6 Å². The molecule has 0 N–H and O–H groups in total. The fraction of sp³-hybridized carbons (Fsp3) is 0.250. The van der Waals surface area contributed by atoms with Crippen molar-refractivity contribution < 1.29 is 9.53 Å². The van der Waals surface area contributed by atoms with E-state index in [9.17, 15) is 4.79 Å². The summed E-state index contributed by atoms with van der Waals surface area (Å²) >= 11 is 3.32. The van der Waals surface area contributed by atoms with Crippen LogP contribution in [0.1, 0.15) is 17.4 Å². The van der Waals surface area contributed by atoms with E-state index in [1.54, 1.807) is 37.1 Å². The van der Waals surface area contributed by atoms with Crippen molar-refractivity contribution in [1.29, 1.82) is 0 Å². The van der Waals surface area contributed by atoms with Crippen molar-refractivity contribution in [3.8, 4) is 11.4 Å². The SMILES string of the molecule is CCOC(=O)c1c(-c2ccc(Br)cn2)ncn1C. The van der Waals surface area contributed by atoms with E-state index < -0.39 is 5.97 Å². The highest BCUT2D eigenvalue weighted by molar-refractivity contribution is 9.10. The minimum Gasteiger partial charge on any atom is -0.461 e. The van der Waals surface area contributed by atoms with Crippen molar-refractivity contribution in [2.45, 2.75) is 6.92 Å². The number of hydrogen-bond acceptors (Lipinski definition) is 4. The maximum atomic E-state index is 11.9. The van der Waals surface area contributed by atoms with E-state index in [4.69, 9.17) is 4.74 Å². The molecule has 0 spiro atoms. The zero-order valence-corrected chi connectivity index (χ0v) is 11.6. The van der Waals surface area contributed by atoms with Gasteiger partial charge in [0.25, 0.3) is 0 Å². The van der Waals surface area contributed by atoms with E-state index in [0.717, 1.165) is 4.47 Å². The first-order valence-corrected chi connectivity index (χ1v) is 6.23. The largest absolute Gasteiger partial charge is 0.461 e. The number of ether oxygens (including phenoxy) is 1. The topological polar surface area (TPSA) is 57.0 Å². The molecule has 0 unspecified atom stereocenters. The van der Waals surface area contributed by atoms with Gasteiger partial charge in [-0.2, -0.15) is 0 Å². The van der Waals surface area contributed by atoms with Gasteiger partial charge < -0.3 is 9.30 Å². The lowest BCUT2D eigenvalue weighted by Crippen LogP contribution is -2.11. The van der Waals surface area contributed by atoms with Gasteiger partial charge in [-0.05, 0) is 35.0 Å². The van der Waals surface area contributed by atoms with Gasteiger partial charge in [0.1, 0.15) is 5.69 Å². The summed E-state index contributed by atoms with van der Waals surface area (Å²) in [4.78, 5) is 20.3. The van der Waals surface area contributed by atoms with Crippen molar-refractivity contribution in [3.05, 3.63) is 34.8 Å². The molecule has 2 rings (SSSR count). The van der Waals surface area contributed by atoms with Gasteiger partial charge in [-0.1, -0.05) is 0 Å². The number of rotatable bonds is 3. The van der Waals surface area contributed by atoms with E-state index in [2.05, 4.69) is 25.9 Å². The van der Waals surface area contributed by atoms with Crippen molar-refractivity contribution in [2.24, 2.45) is 7.05 Å². The molecule has 0 saturated carbocycles. The van der Waals surface area contributed by atoms with Crippen molar-refractivity contribution in [1.82, 2.24) is 14.5 Å². The number of esters is 1. The average molecular weight is 310 g/mol. The number of imidazole rings is 1. The Morgan fingerprint density at radius 1 is 1.44 bits per heavy atom. The molecule has 0 aromatic carbocycles. The van der Waals surface area contributed by atoms with Crippen LogP contribution in [-0.4, -0.2) is 27.1 Å². The molecule has 0 atom stereocenters. The maximum Gasteiger partial charge on any atom is 0.357 e. The van der Waals surface area contributed by atoms with Crippen LogP contribution >= 0.6 is 15.9 Å². The minimum atomic E-state index is -0.391. The molecular formula is C12H12BrN3O2. The lowest BCUT2D eigenvalue weighted by molar-refractivity contribution is 0.0516. The normalized spacial score (nSPS) is 10.4. The Morgan fingerprint density at radius 2 is 2.22 bits per heavy atom. The average Bonchev–Trinajstić information content (AvgIpc) is 2.72. The minimum absolute atomic E-state index is 0.331. The maximum absolute atomic E-state index is 11.9. The summed E-state index contributed by atoms with van der Waals surface area (Å²) in [7, 11) is 1.75. The standard InChI is InChI=1S/C12H12BrN3O2/c1-3-18-12(17)11-10(15-7-16(11)2)9-5-4-8(13)6-14-9/h4-7H,3H2,1-2H3. The molecule has 94 valence electrons. The number of carbonyl (C=O) groups is 1. The highest BCUT2D eigenvalue weighted by Gasteiger charge is 2.20. The number of hydrogen-bond donors (Lipinski definition) is 0. The third-order valence-corrected chi connectivity index (χ3v) is 2.84. The second kappa shape index (κ2) is 5.30. The highest BCUT2D eigenvalue weighted by Crippen LogP contribution is 2.21. The molecule has 0 amide bonds. The Balaban J connectivity index is 2.45. The van der Waals surface area contributed by atoms with Gasteiger partial charge in [-0.25, -0.2) is 9.78 Å². The fourth-order valence-corrected chi connectivity index (χ4v) is 1.81. The number of carbonyl (C=O) groups excluding carboxylic acids is 1. The monoisotopic (exact) mass is 309 g/mol.